The molecule has 0 aliphatic heterocycles. The minimum atomic E-state index is -0.259. The zero-order valence-corrected chi connectivity index (χ0v) is 15.4. The van der Waals surface area contributed by atoms with Gasteiger partial charge in [0.2, 0.25) is 11.7 Å². The molecule has 0 radical (unpaired) electrons. The molecule has 0 aliphatic rings. The Morgan fingerprint density at radius 3 is 2.46 bits per heavy atom. The van der Waals surface area contributed by atoms with Crippen molar-refractivity contribution < 1.29 is 9.32 Å². The first-order valence-corrected chi connectivity index (χ1v) is 8.44. The molecule has 0 bridgehead atoms. The Kier molecular flexibility index (Phi) is 5.02. The second-order valence-electron chi connectivity index (χ2n) is 6.40. The van der Waals surface area contributed by atoms with Gasteiger partial charge in [-0.25, -0.2) is 4.79 Å². The summed E-state index contributed by atoms with van der Waals surface area (Å²) in [6.07, 6.45) is 0. The summed E-state index contributed by atoms with van der Waals surface area (Å²) in [6.45, 7) is 8.41. The van der Waals surface area contributed by atoms with Crippen LogP contribution in [0.2, 0.25) is 0 Å². The van der Waals surface area contributed by atoms with Crippen LogP contribution in [0.5, 0.6) is 0 Å². The molecule has 6 nitrogen and oxygen atoms in total. The fraction of sp³-hybridized carbons (Fsp3) is 0.250. The Balaban J connectivity index is 1.66. The smallest absolute Gasteiger partial charge is 0.319 e. The first-order chi connectivity index (χ1) is 12.4. The first-order valence-electron chi connectivity index (χ1n) is 8.44. The Morgan fingerprint density at radius 2 is 1.81 bits per heavy atom. The van der Waals surface area contributed by atoms with Crippen LogP contribution in [0.3, 0.4) is 0 Å². The van der Waals surface area contributed by atoms with E-state index in [4.69, 9.17) is 4.52 Å². The van der Waals surface area contributed by atoms with E-state index in [1.807, 2.05) is 24.3 Å². The molecule has 26 heavy (non-hydrogen) atoms. The van der Waals surface area contributed by atoms with Gasteiger partial charge < -0.3 is 15.2 Å². The van der Waals surface area contributed by atoms with Crippen molar-refractivity contribution in [2.45, 2.75) is 34.2 Å². The van der Waals surface area contributed by atoms with Crippen molar-refractivity contribution in [3.63, 3.8) is 0 Å². The number of benzene rings is 2. The molecule has 0 unspecified atom stereocenters. The van der Waals surface area contributed by atoms with Crippen LogP contribution in [0.1, 0.15) is 28.1 Å². The Bertz CT molecular complexity index is 923. The largest absolute Gasteiger partial charge is 0.339 e. The molecule has 134 valence electrons. The number of urea groups is 1. The molecule has 0 fully saturated rings. The number of amides is 2. The van der Waals surface area contributed by atoms with Crippen LogP contribution >= 0.6 is 0 Å². The molecule has 3 aromatic rings. The van der Waals surface area contributed by atoms with E-state index in [1.165, 1.54) is 16.7 Å². The van der Waals surface area contributed by atoms with E-state index in [0.29, 0.717) is 23.9 Å². The second-order valence-corrected chi connectivity index (χ2v) is 6.40. The van der Waals surface area contributed by atoms with Gasteiger partial charge in [0.25, 0.3) is 0 Å². The molecule has 0 spiro atoms. The predicted molar refractivity (Wildman–Crippen MR) is 101 cm³/mol. The zero-order chi connectivity index (χ0) is 18.7. The van der Waals surface area contributed by atoms with Crippen molar-refractivity contribution in [1.29, 1.82) is 0 Å². The van der Waals surface area contributed by atoms with Gasteiger partial charge in [-0.1, -0.05) is 35.0 Å². The Hall–Kier alpha value is -3.15. The van der Waals surface area contributed by atoms with Gasteiger partial charge in [0.1, 0.15) is 0 Å². The second kappa shape index (κ2) is 7.39. The van der Waals surface area contributed by atoms with E-state index < -0.39 is 0 Å². The maximum absolute atomic E-state index is 12.3. The molecule has 6 heteroatoms. The van der Waals surface area contributed by atoms with E-state index in [2.05, 4.69) is 53.7 Å². The summed E-state index contributed by atoms with van der Waals surface area (Å²) in [7, 11) is 0. The number of aryl methyl sites for hydroxylation is 4. The number of nitrogens with zero attached hydrogens (tertiary/aromatic N) is 2. The molecular weight excluding hydrogens is 328 g/mol. The minimum absolute atomic E-state index is 0.259. The maximum atomic E-state index is 12.3. The summed E-state index contributed by atoms with van der Waals surface area (Å²) in [5, 5.41) is 9.65. The van der Waals surface area contributed by atoms with Crippen LogP contribution in [0, 0.1) is 27.7 Å². The van der Waals surface area contributed by atoms with Gasteiger partial charge in [-0.2, -0.15) is 4.98 Å². The lowest BCUT2D eigenvalue weighted by Crippen LogP contribution is -2.28. The number of hydrogen-bond donors (Lipinski definition) is 2. The molecule has 2 aromatic carbocycles. The standard InChI is InChI=1S/C20H22N4O2/c1-12-8-13(2)18(14(3)9-12)11-21-20(25)23-17-7-5-6-16(10-17)19-22-15(4)26-24-19/h5-10H,11H2,1-4H3,(H2,21,23,25). The predicted octanol–water partition coefficient (Wildman–Crippen LogP) is 4.29. The van der Waals surface area contributed by atoms with E-state index in [9.17, 15) is 4.79 Å². The van der Waals surface area contributed by atoms with Crippen LogP contribution in [0.15, 0.2) is 40.9 Å². The highest BCUT2D eigenvalue weighted by Gasteiger charge is 2.09. The van der Waals surface area contributed by atoms with Crippen LogP contribution in [-0.4, -0.2) is 16.2 Å². The molecule has 2 N–H and O–H groups in total. The monoisotopic (exact) mass is 350 g/mol. The van der Waals surface area contributed by atoms with Gasteiger partial charge in [-0.3, -0.25) is 0 Å². The summed E-state index contributed by atoms with van der Waals surface area (Å²) in [5.74, 6) is 0.998. The van der Waals surface area contributed by atoms with E-state index >= 15 is 0 Å². The molecule has 0 atom stereocenters. The number of hydrogen-bond acceptors (Lipinski definition) is 4. The summed E-state index contributed by atoms with van der Waals surface area (Å²) < 4.78 is 5.00. The highest BCUT2D eigenvalue weighted by molar-refractivity contribution is 5.89. The molecule has 2 amide bonds. The van der Waals surface area contributed by atoms with Crippen molar-refractivity contribution in [3.05, 3.63) is 64.5 Å². The molecule has 1 heterocycles. The van der Waals surface area contributed by atoms with Gasteiger partial charge in [0, 0.05) is 24.7 Å². The Morgan fingerprint density at radius 1 is 1.08 bits per heavy atom. The van der Waals surface area contributed by atoms with Crippen LogP contribution < -0.4 is 10.6 Å². The van der Waals surface area contributed by atoms with Gasteiger partial charge in [0.15, 0.2) is 0 Å². The van der Waals surface area contributed by atoms with E-state index in [1.54, 1.807) is 6.92 Å². The average Bonchev–Trinajstić information content (AvgIpc) is 3.00. The number of rotatable bonds is 4. The fourth-order valence-electron chi connectivity index (χ4n) is 2.99. The van der Waals surface area contributed by atoms with Crippen LogP contribution in [0.4, 0.5) is 10.5 Å². The molecule has 0 aliphatic carbocycles. The summed E-state index contributed by atoms with van der Waals surface area (Å²) in [5.41, 5.74) is 6.17. The van der Waals surface area contributed by atoms with E-state index in [-0.39, 0.29) is 6.03 Å². The molecule has 1 aromatic heterocycles. The number of carbonyl (C=O) groups excluding carboxylic acids is 1. The van der Waals surface area contributed by atoms with Gasteiger partial charge >= 0.3 is 6.03 Å². The normalized spacial score (nSPS) is 10.6. The van der Waals surface area contributed by atoms with Crippen molar-refractivity contribution >= 4 is 11.7 Å². The molecular formula is C20H22N4O2. The minimum Gasteiger partial charge on any atom is -0.339 e. The third-order valence-corrected chi connectivity index (χ3v) is 4.17. The van der Waals surface area contributed by atoms with Crippen molar-refractivity contribution in [2.75, 3.05) is 5.32 Å². The topological polar surface area (TPSA) is 80.0 Å². The summed E-state index contributed by atoms with van der Waals surface area (Å²) >= 11 is 0. The highest BCUT2D eigenvalue weighted by atomic mass is 16.5. The molecule has 0 saturated heterocycles. The third-order valence-electron chi connectivity index (χ3n) is 4.17. The average molecular weight is 350 g/mol. The van der Waals surface area contributed by atoms with Crippen LogP contribution in [-0.2, 0) is 6.54 Å². The van der Waals surface area contributed by atoms with Crippen molar-refractivity contribution in [1.82, 2.24) is 15.5 Å². The zero-order valence-electron chi connectivity index (χ0n) is 15.4. The highest BCUT2D eigenvalue weighted by Crippen LogP contribution is 2.20. The van der Waals surface area contributed by atoms with E-state index in [0.717, 1.165) is 11.1 Å². The van der Waals surface area contributed by atoms with Gasteiger partial charge in [-0.05, 0) is 49.6 Å². The molecule has 0 saturated carbocycles. The number of nitrogens with one attached hydrogen (secondary N) is 2. The number of anilines is 1. The molecule has 3 rings (SSSR count). The lowest BCUT2D eigenvalue weighted by molar-refractivity contribution is 0.251. The lowest BCUT2D eigenvalue weighted by atomic mass is 10.00. The summed E-state index contributed by atoms with van der Waals surface area (Å²) in [6, 6.07) is 11.3. The van der Waals surface area contributed by atoms with Gasteiger partial charge in [0.05, 0.1) is 0 Å². The van der Waals surface area contributed by atoms with Crippen molar-refractivity contribution in [2.24, 2.45) is 0 Å². The third kappa shape index (κ3) is 4.08. The Labute approximate surface area is 152 Å². The lowest BCUT2D eigenvalue weighted by Gasteiger charge is -2.13. The number of aromatic nitrogens is 2. The summed E-state index contributed by atoms with van der Waals surface area (Å²) in [4.78, 5) is 16.5. The van der Waals surface area contributed by atoms with Crippen molar-refractivity contribution in [3.8, 4) is 11.4 Å². The number of carbonyl (C=O) groups is 1. The van der Waals surface area contributed by atoms with Crippen LogP contribution in [0.25, 0.3) is 11.4 Å². The quantitative estimate of drug-likeness (QED) is 0.735. The van der Waals surface area contributed by atoms with Gasteiger partial charge in [-0.15, -0.1) is 0 Å². The fourth-order valence-corrected chi connectivity index (χ4v) is 2.99. The SMILES string of the molecule is Cc1cc(C)c(CNC(=O)Nc2cccc(-c3noc(C)n3)c2)c(C)c1. The maximum Gasteiger partial charge on any atom is 0.319 e. The first kappa shape index (κ1) is 17.7.